The minimum Gasteiger partial charge on any atom is -0.382 e. The fourth-order valence-electron chi connectivity index (χ4n) is 2.16. The molecule has 0 aromatic heterocycles. The Morgan fingerprint density at radius 3 is 2.83 bits per heavy atom. The number of nitrogens with zero attached hydrogens (tertiary/aromatic N) is 1. The first-order valence-electron chi connectivity index (χ1n) is 6.37. The van der Waals surface area contributed by atoms with Crippen molar-refractivity contribution >= 4 is 11.6 Å². The Balaban J connectivity index is 1.94. The van der Waals surface area contributed by atoms with Gasteiger partial charge in [0, 0.05) is 38.3 Å². The molecule has 18 heavy (non-hydrogen) atoms. The van der Waals surface area contributed by atoms with Crippen LogP contribution < -0.4 is 11.1 Å². The fraction of sp³-hybridized carbons (Fsp3) is 0.500. The van der Waals surface area contributed by atoms with Crippen molar-refractivity contribution in [1.82, 2.24) is 4.90 Å². The number of anilines is 1. The number of rotatable bonds is 4. The molecular weight excluding hydrogens is 226 g/mol. The van der Waals surface area contributed by atoms with Crippen LogP contribution >= 0.6 is 0 Å². The molecule has 3 N–H and O–H groups in total. The summed E-state index contributed by atoms with van der Waals surface area (Å²) in [7, 11) is 1.81. The Morgan fingerprint density at radius 2 is 2.22 bits per heavy atom. The quantitative estimate of drug-likeness (QED) is 0.849. The maximum atomic E-state index is 11.2. The number of nitrogens with two attached hydrogens (primary N) is 1. The lowest BCUT2D eigenvalue weighted by atomic mass is 9.87. The van der Waals surface area contributed by atoms with Crippen LogP contribution in [0, 0.1) is 0 Å². The van der Waals surface area contributed by atoms with E-state index in [1.54, 1.807) is 11.8 Å². The summed E-state index contributed by atoms with van der Waals surface area (Å²) in [6, 6.07) is 9.07. The van der Waals surface area contributed by atoms with Crippen LogP contribution in [0.3, 0.4) is 0 Å². The molecule has 0 saturated heterocycles. The summed E-state index contributed by atoms with van der Waals surface area (Å²) in [5.41, 5.74) is 8.02. The molecule has 0 aliphatic heterocycles. The average Bonchev–Trinajstić information content (AvgIpc) is 2.27. The summed E-state index contributed by atoms with van der Waals surface area (Å²) in [6.07, 6.45) is 2.08. The van der Waals surface area contributed by atoms with Crippen LogP contribution in [-0.4, -0.2) is 29.9 Å². The van der Waals surface area contributed by atoms with Gasteiger partial charge in [-0.15, -0.1) is 0 Å². The minimum atomic E-state index is 0.0818. The van der Waals surface area contributed by atoms with E-state index in [1.807, 2.05) is 19.2 Å². The molecule has 0 radical (unpaired) electrons. The Kier molecular flexibility index (Phi) is 3.87. The molecule has 1 fully saturated rings. The van der Waals surface area contributed by atoms with E-state index in [2.05, 4.69) is 17.4 Å². The third-order valence-corrected chi connectivity index (χ3v) is 3.43. The van der Waals surface area contributed by atoms with Crippen LogP contribution in [0.1, 0.15) is 25.3 Å². The van der Waals surface area contributed by atoms with E-state index in [0.29, 0.717) is 18.6 Å². The Morgan fingerprint density at radius 1 is 1.50 bits per heavy atom. The van der Waals surface area contributed by atoms with Crippen LogP contribution in [0.15, 0.2) is 24.3 Å². The van der Waals surface area contributed by atoms with E-state index in [4.69, 9.17) is 5.73 Å². The van der Waals surface area contributed by atoms with Gasteiger partial charge in [0.2, 0.25) is 5.91 Å². The molecule has 4 nitrogen and oxygen atoms in total. The molecule has 1 aliphatic carbocycles. The zero-order valence-corrected chi connectivity index (χ0v) is 11.0. The Hall–Kier alpha value is -1.55. The molecule has 0 heterocycles. The van der Waals surface area contributed by atoms with E-state index in [-0.39, 0.29) is 5.91 Å². The van der Waals surface area contributed by atoms with Crippen molar-refractivity contribution in [3.05, 3.63) is 29.8 Å². The first kappa shape index (κ1) is 12.9. The number of amides is 1. The van der Waals surface area contributed by atoms with Crippen LogP contribution in [0.4, 0.5) is 5.69 Å². The zero-order chi connectivity index (χ0) is 13.1. The van der Waals surface area contributed by atoms with Crippen molar-refractivity contribution in [1.29, 1.82) is 0 Å². The van der Waals surface area contributed by atoms with Crippen molar-refractivity contribution < 1.29 is 4.79 Å². The Bertz CT molecular complexity index is 427. The van der Waals surface area contributed by atoms with Crippen molar-refractivity contribution in [2.75, 3.05) is 12.4 Å². The van der Waals surface area contributed by atoms with Gasteiger partial charge in [0.15, 0.2) is 0 Å². The molecule has 0 atom stereocenters. The van der Waals surface area contributed by atoms with Gasteiger partial charge in [0.1, 0.15) is 0 Å². The van der Waals surface area contributed by atoms with E-state index in [9.17, 15) is 4.79 Å². The first-order chi connectivity index (χ1) is 8.54. The average molecular weight is 247 g/mol. The summed E-state index contributed by atoms with van der Waals surface area (Å²) >= 11 is 0. The SMILES string of the molecule is CC(=O)N(C)Cc1cccc(NC2CC(N)C2)c1. The highest BCUT2D eigenvalue weighted by atomic mass is 16.2. The highest BCUT2D eigenvalue weighted by Gasteiger charge is 2.25. The Labute approximate surface area is 108 Å². The number of hydrogen-bond donors (Lipinski definition) is 2. The lowest BCUT2D eigenvalue weighted by molar-refractivity contribution is -0.128. The molecule has 2 rings (SSSR count). The van der Waals surface area contributed by atoms with Gasteiger partial charge in [-0.3, -0.25) is 4.79 Å². The fourth-order valence-corrected chi connectivity index (χ4v) is 2.16. The van der Waals surface area contributed by atoms with Crippen molar-refractivity contribution in [2.45, 2.75) is 38.4 Å². The molecule has 1 amide bonds. The lowest BCUT2D eigenvalue weighted by Crippen LogP contribution is -2.44. The molecule has 98 valence electrons. The van der Waals surface area contributed by atoms with Crippen molar-refractivity contribution in [3.63, 3.8) is 0 Å². The van der Waals surface area contributed by atoms with E-state index < -0.39 is 0 Å². The van der Waals surface area contributed by atoms with Crippen LogP contribution in [0.2, 0.25) is 0 Å². The van der Waals surface area contributed by atoms with Crippen LogP contribution in [0.25, 0.3) is 0 Å². The lowest BCUT2D eigenvalue weighted by Gasteiger charge is -2.34. The predicted molar refractivity (Wildman–Crippen MR) is 73.2 cm³/mol. The van der Waals surface area contributed by atoms with E-state index in [0.717, 1.165) is 24.1 Å². The summed E-state index contributed by atoms with van der Waals surface area (Å²) in [5, 5.41) is 3.47. The smallest absolute Gasteiger partial charge is 0.219 e. The largest absolute Gasteiger partial charge is 0.382 e. The molecule has 1 saturated carbocycles. The van der Waals surface area contributed by atoms with Crippen LogP contribution in [-0.2, 0) is 11.3 Å². The van der Waals surface area contributed by atoms with Gasteiger partial charge < -0.3 is 16.0 Å². The molecule has 1 aliphatic rings. The molecule has 0 unspecified atom stereocenters. The summed E-state index contributed by atoms with van der Waals surface area (Å²) in [5.74, 6) is 0.0818. The van der Waals surface area contributed by atoms with Gasteiger partial charge in [-0.05, 0) is 30.5 Å². The van der Waals surface area contributed by atoms with Gasteiger partial charge >= 0.3 is 0 Å². The second-order valence-corrected chi connectivity index (χ2v) is 5.15. The topological polar surface area (TPSA) is 58.4 Å². The van der Waals surface area contributed by atoms with Gasteiger partial charge in [0.25, 0.3) is 0 Å². The molecular formula is C14H21N3O. The molecule has 4 heteroatoms. The molecule has 0 spiro atoms. The maximum Gasteiger partial charge on any atom is 0.219 e. The third kappa shape index (κ3) is 3.23. The van der Waals surface area contributed by atoms with Gasteiger partial charge in [-0.25, -0.2) is 0 Å². The first-order valence-corrected chi connectivity index (χ1v) is 6.37. The third-order valence-electron chi connectivity index (χ3n) is 3.43. The number of hydrogen-bond acceptors (Lipinski definition) is 3. The standard InChI is InChI=1S/C14H21N3O/c1-10(18)17(2)9-11-4-3-5-13(6-11)16-14-7-12(15)8-14/h3-6,12,14,16H,7-9,15H2,1-2H3. The van der Waals surface area contributed by atoms with E-state index >= 15 is 0 Å². The summed E-state index contributed by atoms with van der Waals surface area (Å²) in [6.45, 7) is 2.23. The highest BCUT2D eigenvalue weighted by molar-refractivity contribution is 5.72. The zero-order valence-electron chi connectivity index (χ0n) is 11.0. The number of carbonyl (C=O) groups excluding carboxylic acids is 1. The van der Waals surface area contributed by atoms with Gasteiger partial charge in [0.05, 0.1) is 0 Å². The van der Waals surface area contributed by atoms with Gasteiger partial charge in [-0.1, -0.05) is 12.1 Å². The predicted octanol–water partition coefficient (Wildman–Crippen LogP) is 1.57. The monoisotopic (exact) mass is 247 g/mol. The summed E-state index contributed by atoms with van der Waals surface area (Å²) < 4.78 is 0. The maximum absolute atomic E-state index is 11.2. The normalized spacial score (nSPS) is 22.2. The van der Waals surface area contributed by atoms with Gasteiger partial charge in [-0.2, -0.15) is 0 Å². The number of benzene rings is 1. The molecule has 1 aromatic rings. The number of carbonyl (C=O) groups is 1. The minimum absolute atomic E-state index is 0.0818. The van der Waals surface area contributed by atoms with Crippen molar-refractivity contribution in [3.8, 4) is 0 Å². The second-order valence-electron chi connectivity index (χ2n) is 5.15. The summed E-state index contributed by atoms with van der Waals surface area (Å²) in [4.78, 5) is 12.9. The van der Waals surface area contributed by atoms with Crippen molar-refractivity contribution in [2.24, 2.45) is 5.73 Å². The number of nitrogens with one attached hydrogen (secondary N) is 1. The highest BCUT2D eigenvalue weighted by Crippen LogP contribution is 2.23. The van der Waals surface area contributed by atoms with E-state index in [1.165, 1.54) is 0 Å². The second kappa shape index (κ2) is 5.40. The molecule has 1 aromatic carbocycles. The van der Waals surface area contributed by atoms with Crippen LogP contribution in [0.5, 0.6) is 0 Å². The molecule has 0 bridgehead atoms.